The van der Waals surface area contributed by atoms with Gasteiger partial charge in [0.1, 0.15) is 0 Å². The van der Waals surface area contributed by atoms with E-state index in [0.717, 1.165) is 0 Å². The summed E-state index contributed by atoms with van der Waals surface area (Å²) in [6, 6.07) is 0. The maximum Gasteiger partial charge on any atom is 0.363 e. The van der Waals surface area contributed by atoms with Crippen LogP contribution in [0.15, 0.2) is 0 Å². The lowest BCUT2D eigenvalue weighted by atomic mass is 9.80. The van der Waals surface area contributed by atoms with Crippen molar-refractivity contribution in [1.29, 1.82) is 0 Å². The molecule has 0 aromatic carbocycles. The minimum absolute atomic E-state index is 0.146. The van der Waals surface area contributed by atoms with Crippen molar-refractivity contribution in [1.82, 2.24) is 0 Å². The third kappa shape index (κ3) is 1.33. The topological polar surface area (TPSA) is 9.23 Å². The maximum absolute atomic E-state index is 12.9. The van der Waals surface area contributed by atoms with Crippen LogP contribution in [0.3, 0.4) is 0 Å². The van der Waals surface area contributed by atoms with Gasteiger partial charge in [0.15, 0.2) is 0 Å². The van der Waals surface area contributed by atoms with Gasteiger partial charge >= 0.3 is 12.2 Å². The zero-order valence-corrected chi connectivity index (χ0v) is 6.90. The molecule has 0 unspecified atom stereocenters. The highest BCUT2D eigenvalue weighted by molar-refractivity contribution is 4.92. The van der Waals surface area contributed by atoms with Crippen molar-refractivity contribution >= 4 is 0 Å². The van der Waals surface area contributed by atoms with E-state index in [9.17, 15) is 17.6 Å². The van der Waals surface area contributed by atoms with Crippen molar-refractivity contribution in [2.45, 2.75) is 37.9 Å². The molecule has 1 aliphatic carbocycles. The molecule has 0 aromatic heterocycles. The summed E-state index contributed by atoms with van der Waals surface area (Å²) >= 11 is 0. The van der Waals surface area contributed by atoms with E-state index in [1.807, 2.05) is 0 Å². The molecule has 2 atom stereocenters. The predicted octanol–water partition coefficient (Wildman–Crippen LogP) is 3.01. The molecule has 0 N–H and O–H groups in total. The average Bonchev–Trinajstić information content (AvgIpc) is 2.20. The smallest absolute Gasteiger partial charge is 0.255 e. The Labute approximate surface area is 73.1 Å². The van der Waals surface area contributed by atoms with Gasteiger partial charge in [-0.2, -0.15) is 17.6 Å². The Morgan fingerprint density at radius 3 is 1.62 bits per heavy atom. The number of fused-ring (bicyclic) bond motifs is 1. The maximum atomic E-state index is 12.9. The van der Waals surface area contributed by atoms with Gasteiger partial charge in [0, 0.05) is 0 Å². The minimum Gasteiger partial charge on any atom is -0.255 e. The number of halogens is 4. The Morgan fingerprint density at radius 1 is 0.846 bits per heavy atom. The average molecular weight is 198 g/mol. The molecule has 1 saturated carbocycles. The first-order valence-corrected chi connectivity index (χ1v) is 4.39. The van der Waals surface area contributed by atoms with Gasteiger partial charge < -0.3 is 0 Å². The molecule has 2 aliphatic rings. The van der Waals surface area contributed by atoms with Crippen molar-refractivity contribution in [3.63, 3.8) is 0 Å². The first-order chi connectivity index (χ1) is 5.93. The Morgan fingerprint density at radius 2 is 1.23 bits per heavy atom. The Bertz CT molecular complexity index is 194. The predicted molar refractivity (Wildman–Crippen MR) is 36.4 cm³/mol. The molecule has 0 aromatic rings. The molecule has 0 spiro atoms. The SMILES string of the molecule is FC1(F)OC(F)(F)[C@H]2CCCC[C@@H]21. The van der Waals surface area contributed by atoms with Gasteiger partial charge in [-0.3, -0.25) is 4.74 Å². The number of ether oxygens (including phenoxy) is 1. The third-order valence-corrected chi connectivity index (χ3v) is 2.90. The monoisotopic (exact) mass is 198 g/mol. The highest BCUT2D eigenvalue weighted by Gasteiger charge is 2.66. The van der Waals surface area contributed by atoms with Crippen LogP contribution < -0.4 is 0 Å². The van der Waals surface area contributed by atoms with Gasteiger partial charge in [0.25, 0.3) is 0 Å². The van der Waals surface area contributed by atoms with Crippen LogP contribution in [0.1, 0.15) is 25.7 Å². The van der Waals surface area contributed by atoms with Crippen molar-refractivity contribution < 1.29 is 22.3 Å². The summed E-state index contributed by atoms with van der Waals surface area (Å²) in [5, 5.41) is 0. The van der Waals surface area contributed by atoms with E-state index in [1.165, 1.54) is 0 Å². The molecular formula is C8H10F4O. The van der Waals surface area contributed by atoms with Gasteiger partial charge in [-0.15, -0.1) is 0 Å². The van der Waals surface area contributed by atoms with Crippen LogP contribution in [0, 0.1) is 11.8 Å². The lowest BCUT2D eigenvalue weighted by molar-refractivity contribution is -0.341. The van der Waals surface area contributed by atoms with Crippen molar-refractivity contribution in [2.75, 3.05) is 0 Å². The molecule has 2 fully saturated rings. The van der Waals surface area contributed by atoms with E-state index in [-0.39, 0.29) is 12.8 Å². The lowest BCUT2D eigenvalue weighted by Crippen LogP contribution is -2.30. The lowest BCUT2D eigenvalue weighted by Gasteiger charge is -2.26. The fourth-order valence-corrected chi connectivity index (χ4v) is 2.27. The van der Waals surface area contributed by atoms with Crippen LogP contribution in [0.4, 0.5) is 17.6 Å². The fraction of sp³-hybridized carbons (Fsp3) is 1.00. The number of rotatable bonds is 0. The van der Waals surface area contributed by atoms with Crippen LogP contribution in [0.25, 0.3) is 0 Å². The molecule has 13 heavy (non-hydrogen) atoms. The summed E-state index contributed by atoms with van der Waals surface area (Å²) in [6.45, 7) is 0. The summed E-state index contributed by atoms with van der Waals surface area (Å²) < 4.78 is 55.0. The van der Waals surface area contributed by atoms with E-state index < -0.39 is 24.1 Å². The molecule has 0 radical (unpaired) electrons. The standard InChI is InChI=1S/C8H10F4O/c9-7(10)5-3-1-2-4-6(5)8(11,12)13-7/h5-6H,1-4H2/t5-,6-/m0/s1. The van der Waals surface area contributed by atoms with E-state index in [4.69, 9.17) is 0 Å². The highest BCUT2D eigenvalue weighted by atomic mass is 19.3. The molecule has 1 saturated heterocycles. The Kier molecular flexibility index (Phi) is 1.84. The van der Waals surface area contributed by atoms with Crippen LogP contribution >= 0.6 is 0 Å². The second-order valence-corrected chi connectivity index (χ2v) is 3.72. The summed E-state index contributed by atoms with van der Waals surface area (Å²) in [5.74, 6) is -2.56. The van der Waals surface area contributed by atoms with Gasteiger partial charge in [-0.05, 0) is 12.8 Å². The van der Waals surface area contributed by atoms with E-state index in [0.29, 0.717) is 12.8 Å². The number of hydrogen-bond donors (Lipinski definition) is 0. The summed E-state index contributed by atoms with van der Waals surface area (Å²) in [5.41, 5.74) is 0. The molecule has 5 heteroatoms. The first-order valence-electron chi connectivity index (χ1n) is 4.39. The second kappa shape index (κ2) is 2.59. The highest BCUT2D eigenvalue weighted by Crippen LogP contribution is 2.55. The van der Waals surface area contributed by atoms with Gasteiger partial charge in [0.05, 0.1) is 11.8 Å². The zero-order valence-electron chi connectivity index (χ0n) is 6.90. The second-order valence-electron chi connectivity index (χ2n) is 3.72. The Hall–Kier alpha value is -0.320. The number of alkyl halides is 4. The van der Waals surface area contributed by atoms with Gasteiger partial charge in [-0.1, -0.05) is 12.8 Å². The van der Waals surface area contributed by atoms with Crippen LogP contribution in [-0.4, -0.2) is 12.2 Å². The third-order valence-electron chi connectivity index (χ3n) is 2.90. The van der Waals surface area contributed by atoms with Crippen molar-refractivity contribution in [2.24, 2.45) is 11.8 Å². The van der Waals surface area contributed by atoms with Gasteiger partial charge in [-0.25, -0.2) is 0 Å². The van der Waals surface area contributed by atoms with Gasteiger partial charge in [0.2, 0.25) is 0 Å². The quantitative estimate of drug-likeness (QED) is 0.543. The molecule has 1 heterocycles. The minimum atomic E-state index is -3.63. The van der Waals surface area contributed by atoms with E-state index >= 15 is 0 Å². The number of hydrogen-bond acceptors (Lipinski definition) is 1. The van der Waals surface area contributed by atoms with Crippen LogP contribution in [0.5, 0.6) is 0 Å². The zero-order chi connectivity index (χ0) is 9.69. The molecule has 1 aliphatic heterocycles. The summed E-state index contributed by atoms with van der Waals surface area (Å²) in [4.78, 5) is 0. The summed E-state index contributed by atoms with van der Waals surface area (Å²) in [6.07, 6.45) is -5.78. The van der Waals surface area contributed by atoms with Crippen molar-refractivity contribution in [3.8, 4) is 0 Å². The van der Waals surface area contributed by atoms with Crippen molar-refractivity contribution in [3.05, 3.63) is 0 Å². The van der Waals surface area contributed by atoms with E-state index in [2.05, 4.69) is 4.74 Å². The molecular weight excluding hydrogens is 188 g/mol. The largest absolute Gasteiger partial charge is 0.363 e. The molecule has 2 rings (SSSR count). The Balaban J connectivity index is 2.25. The van der Waals surface area contributed by atoms with E-state index in [1.54, 1.807) is 0 Å². The normalized spacial score (nSPS) is 41.5. The molecule has 0 amide bonds. The summed E-state index contributed by atoms with van der Waals surface area (Å²) in [7, 11) is 0. The fourth-order valence-electron chi connectivity index (χ4n) is 2.27. The van der Waals surface area contributed by atoms with Crippen LogP contribution in [0.2, 0.25) is 0 Å². The first kappa shape index (κ1) is 9.24. The molecule has 76 valence electrons. The van der Waals surface area contributed by atoms with Crippen LogP contribution in [-0.2, 0) is 4.74 Å². The molecule has 1 nitrogen and oxygen atoms in total. The molecule has 0 bridgehead atoms.